The molecule has 0 saturated carbocycles. The Kier molecular flexibility index (Phi) is 4.67. The number of hydrogen-bond donors (Lipinski definition) is 1. The molecule has 0 bridgehead atoms. The lowest BCUT2D eigenvalue weighted by molar-refractivity contribution is -0.136. The molecule has 2 aromatic carbocycles. The van der Waals surface area contributed by atoms with Crippen LogP contribution in [0.3, 0.4) is 0 Å². The van der Waals surface area contributed by atoms with Crippen molar-refractivity contribution in [2.75, 3.05) is 13.1 Å². The molecule has 1 atom stereocenters. The summed E-state index contributed by atoms with van der Waals surface area (Å²) in [6.07, 6.45) is 3.05. The van der Waals surface area contributed by atoms with E-state index in [0.29, 0.717) is 41.8 Å². The van der Waals surface area contributed by atoms with Gasteiger partial charge in [0.05, 0.1) is 0 Å². The number of fused-ring (bicyclic) bond motifs is 1. The highest BCUT2D eigenvalue weighted by Gasteiger charge is 2.49. The van der Waals surface area contributed by atoms with Gasteiger partial charge in [-0.3, -0.25) is 24.5 Å². The third-order valence-electron chi connectivity index (χ3n) is 7.37. The molecule has 2 fully saturated rings. The van der Waals surface area contributed by atoms with E-state index >= 15 is 0 Å². The first-order chi connectivity index (χ1) is 16.7. The standard InChI is InChI=1S/C26H21F2N3O4/c27-17-2-4-18(20(28)8-17)16-9-26(10-16)12-30(13-26)24(34)14-1-3-19-15(7-14)11-31(25(19)35)21-5-6-22(32)29-23(21)33/h1-4,7-9,21H,5-6,10-13H2,(H,29,32,33). The largest absolute Gasteiger partial charge is 0.337 e. The highest BCUT2D eigenvalue weighted by molar-refractivity contribution is 6.06. The Bertz CT molecular complexity index is 1360. The fourth-order valence-electron chi connectivity index (χ4n) is 5.59. The first-order valence-electron chi connectivity index (χ1n) is 11.5. The molecule has 178 valence electrons. The first kappa shape index (κ1) is 21.6. The smallest absolute Gasteiger partial charge is 0.255 e. The fourth-order valence-corrected chi connectivity index (χ4v) is 5.59. The fraction of sp³-hybridized carbons (Fsp3) is 0.308. The molecule has 9 heteroatoms. The van der Waals surface area contributed by atoms with Crippen molar-refractivity contribution in [1.29, 1.82) is 0 Å². The van der Waals surface area contributed by atoms with Crippen molar-refractivity contribution < 1.29 is 28.0 Å². The molecular weight excluding hydrogens is 456 g/mol. The van der Waals surface area contributed by atoms with E-state index in [1.54, 1.807) is 23.1 Å². The van der Waals surface area contributed by atoms with Crippen molar-refractivity contribution in [3.05, 3.63) is 76.4 Å². The van der Waals surface area contributed by atoms with E-state index in [0.717, 1.165) is 11.6 Å². The second kappa shape index (κ2) is 7.56. The Hall–Kier alpha value is -3.88. The van der Waals surface area contributed by atoms with Crippen LogP contribution in [0.2, 0.25) is 0 Å². The zero-order chi connectivity index (χ0) is 24.5. The van der Waals surface area contributed by atoms with E-state index in [-0.39, 0.29) is 42.5 Å². The maximum Gasteiger partial charge on any atom is 0.255 e. The predicted molar refractivity (Wildman–Crippen MR) is 120 cm³/mol. The molecule has 1 N–H and O–H groups in total. The number of amides is 4. The van der Waals surface area contributed by atoms with Crippen LogP contribution in [-0.2, 0) is 16.1 Å². The van der Waals surface area contributed by atoms with E-state index in [4.69, 9.17) is 0 Å². The molecular formula is C26H21F2N3O4. The van der Waals surface area contributed by atoms with Crippen LogP contribution in [-0.4, -0.2) is 52.6 Å². The van der Waals surface area contributed by atoms with Crippen molar-refractivity contribution in [2.24, 2.45) is 5.41 Å². The van der Waals surface area contributed by atoms with Gasteiger partial charge in [0.2, 0.25) is 11.8 Å². The van der Waals surface area contributed by atoms with Crippen LogP contribution in [0.5, 0.6) is 0 Å². The molecule has 0 radical (unpaired) electrons. The van der Waals surface area contributed by atoms with E-state index in [1.807, 2.05) is 6.08 Å². The Morgan fingerprint density at radius 3 is 2.49 bits per heavy atom. The molecule has 1 unspecified atom stereocenters. The van der Waals surface area contributed by atoms with Gasteiger partial charge in [0.25, 0.3) is 11.8 Å². The Morgan fingerprint density at radius 1 is 1.03 bits per heavy atom. The highest BCUT2D eigenvalue weighted by atomic mass is 19.1. The number of rotatable bonds is 3. The molecule has 3 aliphatic heterocycles. The third kappa shape index (κ3) is 3.45. The minimum atomic E-state index is -0.701. The minimum Gasteiger partial charge on any atom is -0.337 e. The Morgan fingerprint density at radius 2 is 1.77 bits per heavy atom. The number of nitrogens with zero attached hydrogens (tertiary/aromatic N) is 2. The monoisotopic (exact) mass is 477 g/mol. The summed E-state index contributed by atoms with van der Waals surface area (Å²) in [6.45, 7) is 1.23. The van der Waals surface area contributed by atoms with Crippen LogP contribution in [0.1, 0.15) is 51.1 Å². The number of carbonyl (C=O) groups is 4. The lowest BCUT2D eigenvalue weighted by atomic mass is 9.64. The quantitative estimate of drug-likeness (QED) is 0.689. The predicted octanol–water partition coefficient (Wildman–Crippen LogP) is 2.66. The molecule has 1 spiro atoms. The van der Waals surface area contributed by atoms with Gasteiger partial charge in [0.15, 0.2) is 0 Å². The normalized spacial score (nSPS) is 22.4. The molecule has 4 amide bonds. The van der Waals surface area contributed by atoms with Crippen LogP contribution < -0.4 is 5.32 Å². The average molecular weight is 477 g/mol. The van der Waals surface area contributed by atoms with Gasteiger partial charge in [-0.2, -0.15) is 0 Å². The maximum absolute atomic E-state index is 14.0. The van der Waals surface area contributed by atoms with Crippen LogP contribution in [0.15, 0.2) is 42.5 Å². The number of piperidine rings is 1. The van der Waals surface area contributed by atoms with Crippen LogP contribution >= 0.6 is 0 Å². The van der Waals surface area contributed by atoms with Gasteiger partial charge in [-0.15, -0.1) is 0 Å². The molecule has 1 aliphatic carbocycles. The molecule has 7 nitrogen and oxygen atoms in total. The van der Waals surface area contributed by atoms with E-state index in [2.05, 4.69) is 5.32 Å². The van der Waals surface area contributed by atoms with Crippen molar-refractivity contribution in [1.82, 2.24) is 15.1 Å². The van der Waals surface area contributed by atoms with Crippen LogP contribution in [0.25, 0.3) is 5.57 Å². The van der Waals surface area contributed by atoms with Gasteiger partial charge in [-0.05, 0) is 54.3 Å². The van der Waals surface area contributed by atoms with Gasteiger partial charge in [-0.1, -0.05) is 6.08 Å². The maximum atomic E-state index is 14.0. The SMILES string of the molecule is O=C1CCC(N2Cc3cc(C(=O)N4CC5(C=C(c6ccc(F)cc6F)C5)C4)ccc3C2=O)C(=O)N1. The number of nitrogens with one attached hydrogen (secondary N) is 1. The van der Waals surface area contributed by atoms with E-state index in [1.165, 1.54) is 17.0 Å². The first-order valence-corrected chi connectivity index (χ1v) is 11.5. The number of carbonyl (C=O) groups excluding carboxylic acids is 4. The molecule has 35 heavy (non-hydrogen) atoms. The molecule has 3 heterocycles. The third-order valence-corrected chi connectivity index (χ3v) is 7.37. The summed E-state index contributed by atoms with van der Waals surface area (Å²) in [4.78, 5) is 52.7. The zero-order valence-corrected chi connectivity index (χ0v) is 18.6. The Balaban J connectivity index is 1.13. The molecule has 6 rings (SSSR count). The Labute approximate surface area is 199 Å². The lowest BCUT2D eigenvalue weighted by Crippen LogP contribution is -2.60. The summed E-state index contributed by atoms with van der Waals surface area (Å²) in [5, 5.41) is 2.28. The van der Waals surface area contributed by atoms with Crippen LogP contribution in [0, 0.1) is 17.0 Å². The number of benzene rings is 2. The summed E-state index contributed by atoms with van der Waals surface area (Å²) in [5.41, 5.74) is 2.63. The van der Waals surface area contributed by atoms with Gasteiger partial charge in [0, 0.05) is 54.2 Å². The minimum absolute atomic E-state index is 0.153. The number of likely N-dealkylation sites (tertiary alicyclic amines) is 1. The summed E-state index contributed by atoms with van der Waals surface area (Å²) in [7, 11) is 0. The number of hydrogen-bond acceptors (Lipinski definition) is 4. The van der Waals surface area contributed by atoms with E-state index in [9.17, 15) is 28.0 Å². The number of allylic oxidation sites excluding steroid dienone is 1. The van der Waals surface area contributed by atoms with Crippen molar-refractivity contribution in [3.63, 3.8) is 0 Å². The highest BCUT2D eigenvalue weighted by Crippen LogP contribution is 2.50. The van der Waals surface area contributed by atoms with Gasteiger partial charge >= 0.3 is 0 Å². The van der Waals surface area contributed by atoms with Gasteiger partial charge in [-0.25, -0.2) is 8.78 Å². The molecule has 2 saturated heterocycles. The van der Waals surface area contributed by atoms with E-state index < -0.39 is 23.6 Å². The summed E-state index contributed by atoms with van der Waals surface area (Å²) >= 11 is 0. The lowest BCUT2D eigenvalue weighted by Gasteiger charge is -2.54. The van der Waals surface area contributed by atoms with Crippen LogP contribution in [0.4, 0.5) is 8.78 Å². The topological polar surface area (TPSA) is 86.8 Å². The molecule has 0 aromatic heterocycles. The van der Waals surface area contributed by atoms with Gasteiger partial charge in [0.1, 0.15) is 17.7 Å². The summed E-state index contributed by atoms with van der Waals surface area (Å²) in [5.74, 6) is -2.45. The second-order valence-electron chi connectivity index (χ2n) is 9.77. The molecule has 4 aliphatic rings. The zero-order valence-electron chi connectivity index (χ0n) is 18.6. The summed E-state index contributed by atoms with van der Waals surface area (Å²) in [6, 6.07) is 7.78. The van der Waals surface area contributed by atoms with Gasteiger partial charge < -0.3 is 9.80 Å². The molecule has 2 aromatic rings. The number of imide groups is 1. The summed E-state index contributed by atoms with van der Waals surface area (Å²) < 4.78 is 27.2. The average Bonchev–Trinajstić information content (AvgIpc) is 3.08. The van der Waals surface area contributed by atoms with Crippen molar-refractivity contribution in [2.45, 2.75) is 31.8 Å². The second-order valence-corrected chi connectivity index (χ2v) is 9.77. The van der Waals surface area contributed by atoms with Crippen molar-refractivity contribution in [3.8, 4) is 0 Å². The number of halogens is 2. The van der Waals surface area contributed by atoms with Crippen molar-refractivity contribution >= 4 is 29.2 Å².